The van der Waals surface area contributed by atoms with E-state index in [1.54, 1.807) is 22.7 Å². The minimum atomic E-state index is -0.00964. The van der Waals surface area contributed by atoms with Crippen molar-refractivity contribution in [3.05, 3.63) is 32.4 Å². The predicted molar refractivity (Wildman–Crippen MR) is 59.6 cm³/mol. The van der Waals surface area contributed by atoms with Gasteiger partial charge in [0.25, 0.3) is 0 Å². The van der Waals surface area contributed by atoms with E-state index in [1.807, 2.05) is 13.0 Å². The SMILES string of the molecule is CC(N)c1nnc(Cc2cccs2)s1. The van der Waals surface area contributed by atoms with Gasteiger partial charge < -0.3 is 5.73 Å². The Hall–Kier alpha value is -0.780. The molecule has 3 nitrogen and oxygen atoms in total. The first kappa shape index (κ1) is 9.76. The van der Waals surface area contributed by atoms with Crippen molar-refractivity contribution in [2.45, 2.75) is 19.4 Å². The molecule has 0 spiro atoms. The molecule has 0 amide bonds. The van der Waals surface area contributed by atoms with Crippen LogP contribution < -0.4 is 5.73 Å². The Morgan fingerprint density at radius 1 is 1.50 bits per heavy atom. The van der Waals surface area contributed by atoms with Crippen molar-refractivity contribution in [3.63, 3.8) is 0 Å². The molecule has 0 saturated carbocycles. The van der Waals surface area contributed by atoms with Gasteiger partial charge in [-0.3, -0.25) is 0 Å². The summed E-state index contributed by atoms with van der Waals surface area (Å²) in [5, 5.41) is 12.2. The molecule has 5 heteroatoms. The smallest absolute Gasteiger partial charge is 0.133 e. The Morgan fingerprint density at radius 3 is 2.93 bits per heavy atom. The van der Waals surface area contributed by atoms with Crippen LogP contribution >= 0.6 is 22.7 Å². The third-order valence-electron chi connectivity index (χ3n) is 1.78. The molecule has 2 heterocycles. The maximum absolute atomic E-state index is 5.71. The molecular formula is C9H11N3S2. The molecule has 0 fully saturated rings. The molecule has 0 radical (unpaired) electrons. The van der Waals surface area contributed by atoms with E-state index < -0.39 is 0 Å². The van der Waals surface area contributed by atoms with Crippen LogP contribution in [0.25, 0.3) is 0 Å². The van der Waals surface area contributed by atoms with Gasteiger partial charge in [-0.2, -0.15) is 0 Å². The van der Waals surface area contributed by atoms with E-state index in [1.165, 1.54) is 4.88 Å². The maximum atomic E-state index is 5.71. The summed E-state index contributed by atoms with van der Waals surface area (Å²) < 4.78 is 0. The van der Waals surface area contributed by atoms with E-state index in [0.717, 1.165) is 16.4 Å². The molecule has 2 aromatic heterocycles. The number of nitrogens with two attached hydrogens (primary N) is 1. The molecule has 14 heavy (non-hydrogen) atoms. The van der Waals surface area contributed by atoms with Crippen LogP contribution in [0.15, 0.2) is 17.5 Å². The highest BCUT2D eigenvalue weighted by molar-refractivity contribution is 7.12. The topological polar surface area (TPSA) is 51.8 Å². The lowest BCUT2D eigenvalue weighted by Gasteiger charge is -1.94. The standard InChI is InChI=1S/C9H11N3S2/c1-6(10)9-12-11-8(14-9)5-7-3-2-4-13-7/h2-4,6H,5,10H2,1H3. The summed E-state index contributed by atoms with van der Waals surface area (Å²) in [6, 6.07) is 4.15. The second-order valence-electron chi connectivity index (χ2n) is 3.08. The molecule has 0 bridgehead atoms. The predicted octanol–water partition coefficient (Wildman–Crippen LogP) is 2.21. The number of nitrogens with zero attached hydrogens (tertiary/aromatic N) is 2. The van der Waals surface area contributed by atoms with Gasteiger partial charge >= 0.3 is 0 Å². The summed E-state index contributed by atoms with van der Waals surface area (Å²) in [6.07, 6.45) is 0.877. The summed E-state index contributed by atoms with van der Waals surface area (Å²) in [7, 11) is 0. The van der Waals surface area contributed by atoms with Crippen LogP contribution in [-0.2, 0) is 6.42 Å². The average Bonchev–Trinajstić information content (AvgIpc) is 2.75. The Bertz CT molecular complexity index is 392. The first-order chi connectivity index (χ1) is 6.75. The maximum Gasteiger partial charge on any atom is 0.133 e. The molecule has 0 aromatic carbocycles. The van der Waals surface area contributed by atoms with E-state index >= 15 is 0 Å². The highest BCUT2D eigenvalue weighted by atomic mass is 32.1. The molecule has 0 saturated heterocycles. The van der Waals surface area contributed by atoms with Crippen LogP contribution in [0.4, 0.5) is 0 Å². The summed E-state index contributed by atoms with van der Waals surface area (Å²) in [6.45, 7) is 1.93. The van der Waals surface area contributed by atoms with Gasteiger partial charge in [0.05, 0.1) is 6.04 Å². The highest BCUT2D eigenvalue weighted by Crippen LogP contribution is 2.20. The third-order valence-corrected chi connectivity index (χ3v) is 3.78. The molecule has 2 N–H and O–H groups in total. The number of aromatic nitrogens is 2. The normalized spacial score (nSPS) is 13.0. The van der Waals surface area contributed by atoms with E-state index in [9.17, 15) is 0 Å². The fraction of sp³-hybridized carbons (Fsp3) is 0.333. The molecule has 2 aromatic rings. The van der Waals surface area contributed by atoms with Gasteiger partial charge in [0.1, 0.15) is 10.0 Å². The van der Waals surface area contributed by atoms with Gasteiger partial charge in [0.2, 0.25) is 0 Å². The van der Waals surface area contributed by atoms with Crippen molar-refractivity contribution < 1.29 is 0 Å². The molecule has 0 aliphatic rings. The van der Waals surface area contributed by atoms with E-state index in [4.69, 9.17) is 5.73 Å². The first-order valence-electron chi connectivity index (χ1n) is 4.36. The van der Waals surface area contributed by atoms with Gasteiger partial charge in [-0.15, -0.1) is 21.5 Å². The zero-order valence-electron chi connectivity index (χ0n) is 7.80. The zero-order chi connectivity index (χ0) is 9.97. The van der Waals surface area contributed by atoms with Gasteiger partial charge in [-0.1, -0.05) is 17.4 Å². The van der Waals surface area contributed by atoms with Gasteiger partial charge in [-0.25, -0.2) is 0 Å². The number of rotatable bonds is 3. The third kappa shape index (κ3) is 2.17. The second-order valence-corrected chi connectivity index (χ2v) is 5.20. The fourth-order valence-electron chi connectivity index (χ4n) is 1.08. The van der Waals surface area contributed by atoms with Crippen molar-refractivity contribution in [2.75, 3.05) is 0 Å². The Kier molecular flexibility index (Phi) is 2.90. The Labute approximate surface area is 90.6 Å². The van der Waals surface area contributed by atoms with Crippen LogP contribution in [-0.4, -0.2) is 10.2 Å². The monoisotopic (exact) mass is 225 g/mol. The lowest BCUT2D eigenvalue weighted by atomic mass is 10.4. The number of hydrogen-bond donors (Lipinski definition) is 1. The summed E-state index contributed by atoms with van der Waals surface area (Å²) in [5.74, 6) is 0. The van der Waals surface area contributed by atoms with E-state index in [2.05, 4.69) is 21.6 Å². The Morgan fingerprint density at radius 2 is 2.36 bits per heavy atom. The van der Waals surface area contributed by atoms with E-state index in [0.29, 0.717) is 0 Å². The van der Waals surface area contributed by atoms with Crippen LogP contribution in [0.2, 0.25) is 0 Å². The van der Waals surface area contributed by atoms with Gasteiger partial charge in [0, 0.05) is 11.3 Å². The summed E-state index contributed by atoms with van der Waals surface area (Å²) in [5.41, 5.74) is 5.71. The molecule has 0 aliphatic heterocycles. The average molecular weight is 225 g/mol. The van der Waals surface area contributed by atoms with Crippen LogP contribution in [0.3, 0.4) is 0 Å². The summed E-state index contributed by atoms with van der Waals surface area (Å²) >= 11 is 3.34. The van der Waals surface area contributed by atoms with Crippen molar-refractivity contribution in [2.24, 2.45) is 5.73 Å². The molecule has 0 aliphatic carbocycles. The molecule has 74 valence electrons. The quantitative estimate of drug-likeness (QED) is 0.871. The lowest BCUT2D eigenvalue weighted by Crippen LogP contribution is -2.03. The summed E-state index contributed by atoms with van der Waals surface area (Å²) in [4.78, 5) is 1.32. The molecule has 2 rings (SSSR count). The fourth-order valence-corrected chi connectivity index (χ4v) is 2.70. The van der Waals surface area contributed by atoms with Crippen LogP contribution in [0.5, 0.6) is 0 Å². The zero-order valence-corrected chi connectivity index (χ0v) is 9.44. The molecular weight excluding hydrogens is 214 g/mol. The molecule has 1 unspecified atom stereocenters. The minimum Gasteiger partial charge on any atom is -0.322 e. The first-order valence-corrected chi connectivity index (χ1v) is 6.05. The van der Waals surface area contributed by atoms with Crippen molar-refractivity contribution >= 4 is 22.7 Å². The van der Waals surface area contributed by atoms with Crippen molar-refractivity contribution in [3.8, 4) is 0 Å². The van der Waals surface area contributed by atoms with Crippen LogP contribution in [0.1, 0.15) is 27.9 Å². The second kappa shape index (κ2) is 4.16. The van der Waals surface area contributed by atoms with E-state index in [-0.39, 0.29) is 6.04 Å². The van der Waals surface area contributed by atoms with Crippen LogP contribution in [0, 0.1) is 0 Å². The van der Waals surface area contributed by atoms with Gasteiger partial charge in [0.15, 0.2) is 0 Å². The van der Waals surface area contributed by atoms with Gasteiger partial charge in [-0.05, 0) is 18.4 Å². The van der Waals surface area contributed by atoms with Crippen molar-refractivity contribution in [1.82, 2.24) is 10.2 Å². The number of hydrogen-bond acceptors (Lipinski definition) is 5. The molecule has 1 atom stereocenters. The lowest BCUT2D eigenvalue weighted by molar-refractivity contribution is 0.783. The highest BCUT2D eigenvalue weighted by Gasteiger charge is 2.08. The van der Waals surface area contributed by atoms with Crippen molar-refractivity contribution in [1.29, 1.82) is 0 Å². The minimum absolute atomic E-state index is 0.00964. The number of thiophene rings is 1. The largest absolute Gasteiger partial charge is 0.322 e. The Balaban J connectivity index is 2.11.